The molecule has 2 rings (SSSR count). The quantitative estimate of drug-likeness (QED) is 0.835. The molecule has 0 aliphatic heterocycles. The molecular weight excluding hydrogens is 230 g/mol. The van der Waals surface area contributed by atoms with E-state index in [9.17, 15) is 0 Å². The van der Waals surface area contributed by atoms with Crippen molar-refractivity contribution in [3.8, 4) is 5.88 Å². The van der Waals surface area contributed by atoms with Crippen LogP contribution in [0.15, 0.2) is 24.4 Å². The third kappa shape index (κ3) is 2.71. The normalized spacial score (nSPS) is 10.3. The van der Waals surface area contributed by atoms with Gasteiger partial charge in [0.15, 0.2) is 0 Å². The van der Waals surface area contributed by atoms with Crippen LogP contribution in [0.1, 0.15) is 12.5 Å². The second-order valence-corrected chi connectivity index (χ2v) is 3.83. The van der Waals surface area contributed by atoms with Crippen LogP contribution < -0.4 is 15.8 Å². The Morgan fingerprint density at radius 3 is 2.94 bits per heavy atom. The first-order valence-corrected chi connectivity index (χ1v) is 5.80. The Labute approximate surface area is 106 Å². The summed E-state index contributed by atoms with van der Waals surface area (Å²) in [5, 5.41) is 7.27. The van der Waals surface area contributed by atoms with E-state index in [0.29, 0.717) is 24.8 Å². The monoisotopic (exact) mass is 247 g/mol. The number of hydrogen-bond donors (Lipinski definition) is 2. The molecule has 6 nitrogen and oxygen atoms in total. The Morgan fingerprint density at radius 1 is 1.44 bits per heavy atom. The smallest absolute Gasteiger partial charge is 0.215 e. The van der Waals surface area contributed by atoms with Crippen molar-refractivity contribution in [2.75, 3.05) is 17.7 Å². The second kappa shape index (κ2) is 5.39. The molecule has 0 aromatic carbocycles. The number of aromatic nitrogens is 3. The third-order valence-corrected chi connectivity index (χ3v) is 2.54. The van der Waals surface area contributed by atoms with Crippen LogP contribution in [-0.2, 0) is 13.6 Å². The fraction of sp³-hybridized carbons (Fsp3) is 0.333. The van der Waals surface area contributed by atoms with E-state index in [1.807, 2.05) is 32.2 Å². The van der Waals surface area contributed by atoms with Crippen LogP contribution in [0.3, 0.4) is 0 Å². The number of rotatable bonds is 5. The van der Waals surface area contributed by atoms with Crippen LogP contribution in [0.2, 0.25) is 0 Å². The Bertz CT molecular complexity index is 523. The van der Waals surface area contributed by atoms with E-state index in [1.54, 1.807) is 10.9 Å². The Morgan fingerprint density at radius 2 is 2.28 bits per heavy atom. The highest BCUT2D eigenvalue weighted by molar-refractivity contribution is 5.43. The van der Waals surface area contributed by atoms with Crippen molar-refractivity contribution in [3.05, 3.63) is 30.0 Å². The molecule has 0 aliphatic carbocycles. The van der Waals surface area contributed by atoms with Gasteiger partial charge in [-0.2, -0.15) is 10.1 Å². The lowest BCUT2D eigenvalue weighted by Gasteiger charge is -2.07. The summed E-state index contributed by atoms with van der Waals surface area (Å²) in [6, 6.07) is 5.61. The van der Waals surface area contributed by atoms with Gasteiger partial charge in [0.25, 0.3) is 0 Å². The maximum Gasteiger partial charge on any atom is 0.215 e. The zero-order valence-electron chi connectivity index (χ0n) is 10.6. The van der Waals surface area contributed by atoms with Crippen molar-refractivity contribution in [1.82, 2.24) is 14.8 Å². The summed E-state index contributed by atoms with van der Waals surface area (Å²) < 4.78 is 6.97. The highest BCUT2D eigenvalue weighted by Gasteiger charge is 2.04. The van der Waals surface area contributed by atoms with Crippen molar-refractivity contribution in [1.29, 1.82) is 0 Å². The van der Waals surface area contributed by atoms with Gasteiger partial charge in [0.1, 0.15) is 11.6 Å². The van der Waals surface area contributed by atoms with E-state index < -0.39 is 0 Å². The molecule has 0 saturated heterocycles. The van der Waals surface area contributed by atoms with Crippen molar-refractivity contribution in [2.45, 2.75) is 13.5 Å². The average Bonchev–Trinajstić information content (AvgIpc) is 2.69. The lowest BCUT2D eigenvalue weighted by Crippen LogP contribution is -2.05. The summed E-state index contributed by atoms with van der Waals surface area (Å²) in [6.45, 7) is 3.12. The van der Waals surface area contributed by atoms with Crippen LogP contribution >= 0.6 is 0 Å². The van der Waals surface area contributed by atoms with Crippen LogP contribution in [0.5, 0.6) is 5.88 Å². The number of nitrogens with one attached hydrogen (secondary N) is 1. The molecule has 0 aliphatic rings. The second-order valence-electron chi connectivity index (χ2n) is 3.83. The Balaban J connectivity index is 2.01. The van der Waals surface area contributed by atoms with E-state index in [1.165, 1.54) is 0 Å². The first-order chi connectivity index (χ1) is 8.70. The van der Waals surface area contributed by atoms with Gasteiger partial charge in [0.05, 0.1) is 12.8 Å². The molecule has 0 atom stereocenters. The first-order valence-electron chi connectivity index (χ1n) is 5.80. The molecule has 2 heterocycles. The number of nitrogen functional groups attached to an aromatic ring is 1. The zero-order chi connectivity index (χ0) is 13.0. The van der Waals surface area contributed by atoms with Gasteiger partial charge < -0.3 is 15.8 Å². The molecule has 0 bridgehead atoms. The fourth-order valence-electron chi connectivity index (χ4n) is 1.56. The topological polar surface area (TPSA) is 78.0 Å². The highest BCUT2D eigenvalue weighted by atomic mass is 16.5. The molecule has 2 aromatic heterocycles. The molecule has 96 valence electrons. The van der Waals surface area contributed by atoms with E-state index in [0.717, 1.165) is 11.4 Å². The van der Waals surface area contributed by atoms with E-state index in [2.05, 4.69) is 15.4 Å². The minimum Gasteiger partial charge on any atom is -0.478 e. The van der Waals surface area contributed by atoms with Crippen molar-refractivity contribution < 1.29 is 4.74 Å². The van der Waals surface area contributed by atoms with Crippen molar-refractivity contribution in [2.24, 2.45) is 7.05 Å². The summed E-state index contributed by atoms with van der Waals surface area (Å²) in [5.74, 6) is 2.02. The molecule has 3 N–H and O–H groups in total. The molecule has 2 aromatic rings. The maximum absolute atomic E-state index is 5.86. The van der Waals surface area contributed by atoms with Gasteiger partial charge in [-0.25, -0.2) is 0 Å². The first kappa shape index (κ1) is 12.2. The molecule has 18 heavy (non-hydrogen) atoms. The summed E-state index contributed by atoms with van der Waals surface area (Å²) in [6.07, 6.45) is 1.74. The molecule has 0 fully saturated rings. The van der Waals surface area contributed by atoms with Gasteiger partial charge in [-0.15, -0.1) is 0 Å². The van der Waals surface area contributed by atoms with E-state index in [-0.39, 0.29) is 0 Å². The van der Waals surface area contributed by atoms with Crippen LogP contribution in [0.4, 0.5) is 11.6 Å². The number of hydrogen-bond acceptors (Lipinski definition) is 5. The fourth-order valence-corrected chi connectivity index (χ4v) is 1.56. The number of aryl methyl sites for hydroxylation is 1. The molecule has 6 heteroatoms. The Hall–Kier alpha value is -2.24. The number of nitrogens with zero attached hydrogens (tertiary/aromatic N) is 3. The molecule has 0 saturated carbocycles. The number of pyridine rings is 1. The molecule has 0 spiro atoms. The van der Waals surface area contributed by atoms with Gasteiger partial charge in [-0.1, -0.05) is 6.07 Å². The summed E-state index contributed by atoms with van der Waals surface area (Å²) in [4.78, 5) is 4.31. The lowest BCUT2D eigenvalue weighted by atomic mass is 10.3. The minimum atomic E-state index is 0.586. The lowest BCUT2D eigenvalue weighted by molar-refractivity contribution is 0.327. The average molecular weight is 247 g/mol. The van der Waals surface area contributed by atoms with Crippen molar-refractivity contribution in [3.63, 3.8) is 0 Å². The van der Waals surface area contributed by atoms with Crippen LogP contribution in [-0.4, -0.2) is 21.4 Å². The third-order valence-electron chi connectivity index (χ3n) is 2.54. The van der Waals surface area contributed by atoms with Crippen molar-refractivity contribution >= 4 is 11.6 Å². The zero-order valence-corrected chi connectivity index (χ0v) is 10.6. The van der Waals surface area contributed by atoms with Gasteiger partial charge in [0.2, 0.25) is 5.88 Å². The van der Waals surface area contributed by atoms with Gasteiger partial charge in [0, 0.05) is 25.2 Å². The molecule has 0 amide bonds. The largest absolute Gasteiger partial charge is 0.478 e. The molecule has 0 unspecified atom stereocenters. The van der Waals surface area contributed by atoms with Gasteiger partial charge in [-0.3, -0.25) is 4.68 Å². The number of ether oxygens (including phenoxy) is 1. The highest BCUT2D eigenvalue weighted by Crippen LogP contribution is 2.14. The molecular formula is C12H17N5O. The predicted octanol–water partition coefficient (Wildman–Crippen LogP) is 1.41. The number of nitrogens with two attached hydrogens (primary N) is 1. The maximum atomic E-state index is 5.86. The summed E-state index contributed by atoms with van der Waals surface area (Å²) >= 11 is 0. The number of anilines is 2. The molecule has 0 radical (unpaired) electrons. The summed E-state index contributed by atoms with van der Waals surface area (Å²) in [5.41, 5.74) is 6.81. The van der Waals surface area contributed by atoms with Crippen LogP contribution in [0.25, 0.3) is 0 Å². The van der Waals surface area contributed by atoms with Gasteiger partial charge in [-0.05, 0) is 13.0 Å². The van der Waals surface area contributed by atoms with Crippen LogP contribution in [0, 0.1) is 0 Å². The van der Waals surface area contributed by atoms with E-state index in [4.69, 9.17) is 10.5 Å². The predicted molar refractivity (Wildman–Crippen MR) is 70.4 cm³/mol. The standard InChI is InChI=1S/C12H17N5O/c1-3-18-11-6-4-5-10(16-11)14-7-9-8-15-17(2)12(9)13/h4-6,8H,3,7,13H2,1-2H3,(H,14,16). The SMILES string of the molecule is CCOc1cccc(NCc2cnn(C)c2N)n1. The summed E-state index contributed by atoms with van der Waals surface area (Å²) in [7, 11) is 1.81. The minimum absolute atomic E-state index is 0.586. The van der Waals surface area contributed by atoms with E-state index >= 15 is 0 Å². The van der Waals surface area contributed by atoms with Gasteiger partial charge >= 0.3 is 0 Å². The Kier molecular flexibility index (Phi) is 3.66.